The summed E-state index contributed by atoms with van der Waals surface area (Å²) >= 11 is 1.65. The molecular formula is C30H31N3O4S. The molecule has 5 rings (SSSR count). The van der Waals surface area contributed by atoms with Crippen LogP contribution in [0.4, 0.5) is 5.82 Å². The Balaban J connectivity index is 1.46. The molecule has 1 saturated carbocycles. The smallest absolute Gasteiger partial charge is 0.306 e. The van der Waals surface area contributed by atoms with Crippen molar-refractivity contribution in [2.24, 2.45) is 5.92 Å². The Bertz CT molecular complexity index is 1490. The van der Waals surface area contributed by atoms with Crippen LogP contribution < -0.4 is 10.1 Å². The van der Waals surface area contributed by atoms with Crippen LogP contribution in [0.2, 0.25) is 0 Å². The first-order valence-corrected chi connectivity index (χ1v) is 13.7. The lowest BCUT2D eigenvalue weighted by atomic mass is 9.78. The van der Waals surface area contributed by atoms with Gasteiger partial charge in [-0.15, -0.1) is 11.3 Å². The number of aryl methyl sites for hydroxylation is 1. The quantitative estimate of drug-likeness (QED) is 0.237. The normalized spacial score (nSPS) is 18.2. The molecule has 0 radical (unpaired) electrons. The zero-order valence-corrected chi connectivity index (χ0v) is 22.5. The number of rotatable bonds is 8. The van der Waals surface area contributed by atoms with Crippen LogP contribution in [0.3, 0.4) is 0 Å². The number of thiophene rings is 1. The maximum absolute atomic E-state index is 11.5. The number of aldehydes is 1. The fourth-order valence-corrected chi connectivity index (χ4v) is 6.32. The third-order valence-electron chi connectivity index (χ3n) is 7.47. The van der Waals surface area contributed by atoms with Gasteiger partial charge in [0.25, 0.3) is 0 Å². The van der Waals surface area contributed by atoms with Crippen LogP contribution in [0, 0.1) is 12.8 Å². The van der Waals surface area contributed by atoms with Crippen molar-refractivity contribution in [2.75, 3.05) is 12.4 Å². The molecule has 1 aliphatic carbocycles. The van der Waals surface area contributed by atoms with E-state index in [0.29, 0.717) is 24.2 Å². The largest absolute Gasteiger partial charge is 0.496 e. The summed E-state index contributed by atoms with van der Waals surface area (Å²) in [6.07, 6.45) is 3.85. The molecule has 0 bridgehead atoms. The van der Waals surface area contributed by atoms with E-state index in [4.69, 9.17) is 9.72 Å². The lowest BCUT2D eigenvalue weighted by molar-refractivity contribution is -0.142. The monoisotopic (exact) mass is 529 g/mol. The van der Waals surface area contributed by atoms with E-state index in [9.17, 15) is 14.7 Å². The van der Waals surface area contributed by atoms with Crippen LogP contribution in [0.15, 0.2) is 47.8 Å². The highest BCUT2D eigenvalue weighted by molar-refractivity contribution is 7.10. The zero-order valence-electron chi connectivity index (χ0n) is 21.7. The number of aromatic nitrogens is 2. The van der Waals surface area contributed by atoms with Crippen LogP contribution in [0.25, 0.3) is 22.0 Å². The van der Waals surface area contributed by atoms with Crippen LogP contribution >= 0.6 is 11.3 Å². The Morgan fingerprint density at radius 2 is 1.92 bits per heavy atom. The Labute approximate surface area is 225 Å². The van der Waals surface area contributed by atoms with E-state index < -0.39 is 5.97 Å². The fourth-order valence-electron chi connectivity index (χ4n) is 5.41. The van der Waals surface area contributed by atoms with Gasteiger partial charge in [0.15, 0.2) is 6.29 Å². The molecule has 0 unspecified atom stereocenters. The van der Waals surface area contributed by atoms with Gasteiger partial charge in [0.1, 0.15) is 17.4 Å². The van der Waals surface area contributed by atoms with Crippen molar-refractivity contribution in [2.45, 2.75) is 51.5 Å². The molecule has 2 aromatic heterocycles. The average molecular weight is 530 g/mol. The summed E-state index contributed by atoms with van der Waals surface area (Å²) in [5, 5.41) is 16.0. The van der Waals surface area contributed by atoms with Gasteiger partial charge in [0.05, 0.1) is 24.6 Å². The molecule has 4 aromatic rings. The van der Waals surface area contributed by atoms with Gasteiger partial charge in [-0.1, -0.05) is 24.3 Å². The van der Waals surface area contributed by atoms with Crippen molar-refractivity contribution in [3.8, 4) is 16.9 Å². The topological polar surface area (TPSA) is 101 Å². The number of hydrogen-bond acceptors (Lipinski definition) is 7. The van der Waals surface area contributed by atoms with Gasteiger partial charge in [-0.2, -0.15) is 0 Å². The number of nitrogens with one attached hydrogen (secondary N) is 1. The number of methoxy groups -OCH3 is 1. The van der Waals surface area contributed by atoms with Gasteiger partial charge in [-0.3, -0.25) is 9.59 Å². The Morgan fingerprint density at radius 1 is 1.16 bits per heavy atom. The fraction of sp³-hybridized carbons (Fsp3) is 0.333. The van der Waals surface area contributed by atoms with Crippen LogP contribution in [-0.4, -0.2) is 34.4 Å². The van der Waals surface area contributed by atoms with Crippen molar-refractivity contribution in [3.63, 3.8) is 0 Å². The molecule has 0 spiro atoms. The SMILES string of the molecule is COc1cc2nc(C)nc(N[C@H](C)c3cc(-c4ccccc4C=O)cs3)c2cc1C1CCC(C(=O)O)CC1. The molecule has 0 amide bonds. The predicted molar refractivity (Wildman–Crippen MR) is 150 cm³/mol. The number of hydrogen-bond donors (Lipinski definition) is 2. The molecule has 2 aromatic carbocycles. The first kappa shape index (κ1) is 25.9. The number of fused-ring (bicyclic) bond motifs is 1. The number of aliphatic carboxylic acids is 1. The number of anilines is 1. The lowest BCUT2D eigenvalue weighted by Gasteiger charge is -2.28. The van der Waals surface area contributed by atoms with E-state index in [0.717, 1.165) is 63.2 Å². The summed E-state index contributed by atoms with van der Waals surface area (Å²) in [6.45, 7) is 3.98. The van der Waals surface area contributed by atoms with E-state index >= 15 is 0 Å². The number of carbonyl (C=O) groups is 2. The van der Waals surface area contributed by atoms with Gasteiger partial charge in [-0.25, -0.2) is 9.97 Å². The molecule has 38 heavy (non-hydrogen) atoms. The number of ether oxygens (including phenoxy) is 1. The molecule has 2 heterocycles. The summed E-state index contributed by atoms with van der Waals surface area (Å²) in [6, 6.07) is 13.8. The van der Waals surface area contributed by atoms with Crippen molar-refractivity contribution in [1.29, 1.82) is 0 Å². The molecular weight excluding hydrogens is 498 g/mol. The molecule has 7 nitrogen and oxygen atoms in total. The lowest BCUT2D eigenvalue weighted by Crippen LogP contribution is -2.20. The highest BCUT2D eigenvalue weighted by Gasteiger charge is 2.29. The number of carboxylic acids is 1. The molecule has 8 heteroatoms. The Morgan fingerprint density at radius 3 is 2.63 bits per heavy atom. The zero-order chi connectivity index (χ0) is 26.8. The Kier molecular flexibility index (Phi) is 7.42. The second kappa shape index (κ2) is 10.9. The minimum Gasteiger partial charge on any atom is -0.496 e. The van der Waals surface area contributed by atoms with Gasteiger partial charge < -0.3 is 15.2 Å². The highest BCUT2D eigenvalue weighted by Crippen LogP contribution is 2.42. The van der Waals surface area contributed by atoms with Crippen molar-refractivity contribution >= 4 is 40.3 Å². The van der Waals surface area contributed by atoms with Crippen molar-refractivity contribution < 1.29 is 19.4 Å². The van der Waals surface area contributed by atoms with Crippen LogP contribution in [0.5, 0.6) is 5.75 Å². The summed E-state index contributed by atoms with van der Waals surface area (Å²) in [5.74, 6) is 1.46. The minimum absolute atomic E-state index is 0.0220. The summed E-state index contributed by atoms with van der Waals surface area (Å²) in [7, 11) is 1.67. The molecule has 0 saturated heterocycles. The van der Waals surface area contributed by atoms with E-state index in [2.05, 4.69) is 34.7 Å². The third-order valence-corrected chi connectivity index (χ3v) is 8.59. The molecule has 0 aliphatic heterocycles. The Hall–Kier alpha value is -3.78. The van der Waals surface area contributed by atoms with Gasteiger partial charge in [0, 0.05) is 21.9 Å². The summed E-state index contributed by atoms with van der Waals surface area (Å²) < 4.78 is 5.75. The number of benzene rings is 2. The first-order chi connectivity index (χ1) is 18.4. The molecule has 2 N–H and O–H groups in total. The van der Waals surface area contributed by atoms with Gasteiger partial charge in [-0.05, 0) is 79.7 Å². The van der Waals surface area contributed by atoms with Crippen LogP contribution in [-0.2, 0) is 4.79 Å². The summed E-state index contributed by atoms with van der Waals surface area (Å²) in [5.41, 5.74) is 4.51. The van der Waals surface area contributed by atoms with Crippen molar-refractivity contribution in [1.82, 2.24) is 9.97 Å². The minimum atomic E-state index is -0.704. The molecule has 1 atom stereocenters. The number of carbonyl (C=O) groups excluding carboxylic acids is 1. The molecule has 196 valence electrons. The summed E-state index contributed by atoms with van der Waals surface area (Å²) in [4.78, 5) is 33.5. The second-order valence-corrected chi connectivity index (χ2v) is 10.9. The maximum Gasteiger partial charge on any atom is 0.306 e. The average Bonchev–Trinajstić information content (AvgIpc) is 3.43. The van der Waals surface area contributed by atoms with E-state index in [-0.39, 0.29) is 17.9 Å². The van der Waals surface area contributed by atoms with Gasteiger partial charge in [0.2, 0.25) is 0 Å². The maximum atomic E-state index is 11.5. The standard InChI is InChI=1S/C30H31N3O4S/c1-17(28-12-22(16-38-28)23-7-5-4-6-21(23)15-34)31-29-25-13-24(19-8-10-20(11-9-19)30(35)36)27(37-3)14-26(25)32-18(2)33-29/h4-7,12-17,19-20H,8-11H2,1-3H3,(H,35,36)(H,31,32,33)/t17-,19?,20?/m1/s1. The van der Waals surface area contributed by atoms with E-state index in [1.807, 2.05) is 37.3 Å². The molecule has 1 fully saturated rings. The van der Waals surface area contributed by atoms with Gasteiger partial charge >= 0.3 is 5.97 Å². The second-order valence-electron chi connectivity index (χ2n) is 9.93. The highest BCUT2D eigenvalue weighted by atomic mass is 32.1. The third kappa shape index (κ3) is 5.13. The molecule has 1 aliphatic rings. The van der Waals surface area contributed by atoms with E-state index in [1.165, 1.54) is 0 Å². The van der Waals surface area contributed by atoms with Crippen LogP contribution in [0.1, 0.15) is 71.2 Å². The van der Waals surface area contributed by atoms with Crippen molar-refractivity contribution in [3.05, 3.63) is 69.7 Å². The first-order valence-electron chi connectivity index (χ1n) is 12.9. The number of nitrogens with zero attached hydrogens (tertiary/aromatic N) is 2. The number of carboxylic acid groups (broad SMARTS) is 1. The van der Waals surface area contributed by atoms with E-state index in [1.54, 1.807) is 18.4 Å². The predicted octanol–water partition coefficient (Wildman–Crippen LogP) is 7.02.